The van der Waals surface area contributed by atoms with E-state index in [1.54, 1.807) is 0 Å². The highest BCUT2D eigenvalue weighted by atomic mass is 16.6. The second kappa shape index (κ2) is 4.04. The number of hydrogen-bond acceptors (Lipinski definition) is 4. The van der Waals surface area contributed by atoms with E-state index in [4.69, 9.17) is 9.84 Å². The second-order valence-corrected chi connectivity index (χ2v) is 2.72. The Labute approximate surface area is 74.9 Å². The van der Waals surface area contributed by atoms with Crippen molar-refractivity contribution >= 4 is 11.9 Å². The standard InChI is InChI=1S/C8H10O5/c1-5(8(10)11)2-7(9)13-4-6-3-12-6/h2,6H,3-4H2,1H3,(H,10,11). The number of hydrogen-bond donors (Lipinski definition) is 1. The first kappa shape index (κ1) is 9.73. The van der Waals surface area contributed by atoms with Crippen molar-refractivity contribution in [3.63, 3.8) is 0 Å². The van der Waals surface area contributed by atoms with Crippen molar-refractivity contribution in [2.24, 2.45) is 0 Å². The maximum absolute atomic E-state index is 10.9. The van der Waals surface area contributed by atoms with Crippen LogP contribution in [0.4, 0.5) is 0 Å². The molecule has 1 fully saturated rings. The fourth-order valence-corrected chi connectivity index (χ4v) is 0.620. The quantitative estimate of drug-likeness (QED) is 0.378. The van der Waals surface area contributed by atoms with Gasteiger partial charge in [0.2, 0.25) is 0 Å². The van der Waals surface area contributed by atoms with Gasteiger partial charge >= 0.3 is 11.9 Å². The van der Waals surface area contributed by atoms with Gasteiger partial charge in [0.25, 0.3) is 0 Å². The average molecular weight is 186 g/mol. The predicted molar refractivity (Wildman–Crippen MR) is 42.1 cm³/mol. The number of aliphatic carboxylic acids is 1. The summed E-state index contributed by atoms with van der Waals surface area (Å²) in [6.07, 6.45) is 0.951. The van der Waals surface area contributed by atoms with Crippen LogP contribution in [0.5, 0.6) is 0 Å². The molecule has 0 radical (unpaired) electrons. The molecule has 0 aromatic rings. The van der Waals surface area contributed by atoms with Gasteiger partial charge < -0.3 is 14.6 Å². The lowest BCUT2D eigenvalue weighted by molar-refractivity contribution is -0.139. The van der Waals surface area contributed by atoms with Crippen molar-refractivity contribution < 1.29 is 24.2 Å². The molecule has 1 N–H and O–H groups in total. The Morgan fingerprint density at radius 3 is 2.77 bits per heavy atom. The Bertz CT molecular complexity index is 251. The highest BCUT2D eigenvalue weighted by Gasteiger charge is 2.23. The summed E-state index contributed by atoms with van der Waals surface area (Å²) in [5, 5.41) is 8.42. The number of carboxylic acids is 1. The maximum Gasteiger partial charge on any atom is 0.331 e. The molecule has 0 saturated carbocycles. The Balaban J connectivity index is 2.29. The van der Waals surface area contributed by atoms with Gasteiger partial charge in [0, 0.05) is 11.6 Å². The van der Waals surface area contributed by atoms with E-state index in [9.17, 15) is 9.59 Å². The second-order valence-electron chi connectivity index (χ2n) is 2.72. The number of ether oxygens (including phenoxy) is 2. The number of esters is 1. The van der Waals surface area contributed by atoms with Crippen LogP contribution in [0, 0.1) is 0 Å². The van der Waals surface area contributed by atoms with Gasteiger partial charge in [0.05, 0.1) is 6.61 Å². The summed E-state index contributed by atoms with van der Waals surface area (Å²) in [5.74, 6) is -1.77. The number of carboxylic acid groups (broad SMARTS) is 1. The molecule has 1 atom stereocenters. The summed E-state index contributed by atoms with van der Waals surface area (Å²) in [7, 11) is 0. The molecule has 72 valence electrons. The largest absolute Gasteiger partial charge is 0.478 e. The highest BCUT2D eigenvalue weighted by molar-refractivity contribution is 5.94. The Hall–Kier alpha value is -1.36. The van der Waals surface area contributed by atoms with Crippen molar-refractivity contribution in [2.45, 2.75) is 13.0 Å². The van der Waals surface area contributed by atoms with Crippen LogP contribution in [0.1, 0.15) is 6.92 Å². The van der Waals surface area contributed by atoms with Crippen LogP contribution in [0.3, 0.4) is 0 Å². The lowest BCUT2D eigenvalue weighted by Gasteiger charge is -1.97. The van der Waals surface area contributed by atoms with Crippen LogP contribution in [0.2, 0.25) is 0 Å². The summed E-state index contributed by atoms with van der Waals surface area (Å²) < 4.78 is 9.48. The fourth-order valence-electron chi connectivity index (χ4n) is 0.620. The molecule has 1 aliphatic rings. The zero-order valence-corrected chi connectivity index (χ0v) is 7.15. The van der Waals surface area contributed by atoms with Crippen molar-refractivity contribution in [1.29, 1.82) is 0 Å². The molecular weight excluding hydrogens is 176 g/mol. The van der Waals surface area contributed by atoms with E-state index in [0.29, 0.717) is 6.61 Å². The average Bonchev–Trinajstić information content (AvgIpc) is 2.83. The number of carbonyl (C=O) groups excluding carboxylic acids is 1. The van der Waals surface area contributed by atoms with Gasteiger partial charge in [0.15, 0.2) is 0 Å². The molecule has 0 aromatic heterocycles. The van der Waals surface area contributed by atoms with E-state index in [1.807, 2.05) is 0 Å². The van der Waals surface area contributed by atoms with Crippen LogP contribution in [0.15, 0.2) is 11.6 Å². The fraction of sp³-hybridized carbons (Fsp3) is 0.500. The van der Waals surface area contributed by atoms with Crippen molar-refractivity contribution in [3.8, 4) is 0 Å². The summed E-state index contributed by atoms with van der Waals surface area (Å²) >= 11 is 0. The monoisotopic (exact) mass is 186 g/mol. The third-order valence-electron chi connectivity index (χ3n) is 1.49. The van der Waals surface area contributed by atoms with Crippen LogP contribution in [0.25, 0.3) is 0 Å². The zero-order chi connectivity index (χ0) is 9.84. The van der Waals surface area contributed by atoms with Gasteiger partial charge in [0.1, 0.15) is 12.7 Å². The molecule has 5 heteroatoms. The lowest BCUT2D eigenvalue weighted by atomic mass is 10.3. The normalized spacial score (nSPS) is 21.0. The molecule has 5 nitrogen and oxygen atoms in total. The Morgan fingerprint density at radius 1 is 1.69 bits per heavy atom. The smallest absolute Gasteiger partial charge is 0.331 e. The molecular formula is C8H10O5. The Kier molecular flexibility index (Phi) is 3.02. The molecule has 0 spiro atoms. The van der Waals surface area contributed by atoms with Crippen LogP contribution < -0.4 is 0 Å². The first-order valence-electron chi connectivity index (χ1n) is 3.79. The van der Waals surface area contributed by atoms with E-state index in [1.165, 1.54) is 6.92 Å². The zero-order valence-electron chi connectivity index (χ0n) is 7.15. The maximum atomic E-state index is 10.9. The summed E-state index contributed by atoms with van der Waals surface area (Å²) in [5.41, 5.74) is -0.0401. The molecule has 1 aliphatic heterocycles. The van der Waals surface area contributed by atoms with Crippen molar-refractivity contribution in [1.82, 2.24) is 0 Å². The highest BCUT2D eigenvalue weighted by Crippen LogP contribution is 2.08. The molecule has 0 aliphatic carbocycles. The van der Waals surface area contributed by atoms with Crippen molar-refractivity contribution in [3.05, 3.63) is 11.6 Å². The molecule has 0 aromatic carbocycles. The van der Waals surface area contributed by atoms with Crippen LogP contribution in [-0.2, 0) is 19.1 Å². The van der Waals surface area contributed by atoms with Gasteiger partial charge in [-0.3, -0.25) is 0 Å². The molecule has 0 bridgehead atoms. The first-order chi connectivity index (χ1) is 6.09. The Morgan fingerprint density at radius 2 is 2.31 bits per heavy atom. The molecule has 1 saturated heterocycles. The summed E-state index contributed by atoms with van der Waals surface area (Å²) in [6.45, 7) is 2.13. The van der Waals surface area contributed by atoms with E-state index < -0.39 is 11.9 Å². The summed E-state index contributed by atoms with van der Waals surface area (Å²) in [6, 6.07) is 0. The van der Waals surface area contributed by atoms with Gasteiger partial charge in [-0.1, -0.05) is 0 Å². The first-order valence-corrected chi connectivity index (χ1v) is 3.79. The van der Waals surface area contributed by atoms with E-state index in [-0.39, 0.29) is 18.3 Å². The minimum Gasteiger partial charge on any atom is -0.478 e. The SMILES string of the molecule is CC(=CC(=O)OCC1CO1)C(=O)O. The predicted octanol–water partition coefficient (Wildman–Crippen LogP) is -0.0407. The molecule has 0 amide bonds. The van der Waals surface area contributed by atoms with E-state index in [2.05, 4.69) is 4.74 Å². The molecule has 1 rings (SSSR count). The minimum absolute atomic E-state index is 0.00230. The number of epoxide rings is 1. The van der Waals surface area contributed by atoms with Crippen molar-refractivity contribution in [2.75, 3.05) is 13.2 Å². The van der Waals surface area contributed by atoms with E-state index >= 15 is 0 Å². The third kappa shape index (κ3) is 3.71. The summed E-state index contributed by atoms with van der Waals surface area (Å²) in [4.78, 5) is 21.2. The lowest BCUT2D eigenvalue weighted by Crippen LogP contribution is -2.09. The third-order valence-corrected chi connectivity index (χ3v) is 1.49. The van der Waals surface area contributed by atoms with E-state index in [0.717, 1.165) is 6.08 Å². The van der Waals surface area contributed by atoms with Gasteiger partial charge in [-0.2, -0.15) is 0 Å². The number of rotatable bonds is 4. The van der Waals surface area contributed by atoms with Gasteiger partial charge in [-0.15, -0.1) is 0 Å². The molecule has 13 heavy (non-hydrogen) atoms. The van der Waals surface area contributed by atoms with Crippen LogP contribution in [-0.4, -0.2) is 36.4 Å². The molecule has 1 unspecified atom stereocenters. The van der Waals surface area contributed by atoms with Gasteiger partial charge in [-0.05, 0) is 6.92 Å². The number of carbonyl (C=O) groups is 2. The molecule has 1 heterocycles. The minimum atomic E-state index is -1.13. The van der Waals surface area contributed by atoms with Gasteiger partial charge in [-0.25, -0.2) is 9.59 Å². The van der Waals surface area contributed by atoms with Crippen LogP contribution >= 0.6 is 0 Å². The topological polar surface area (TPSA) is 76.1 Å².